The number of carbonyl (C=O) groups is 1. The van der Waals surface area contributed by atoms with E-state index in [2.05, 4.69) is 15.3 Å². The summed E-state index contributed by atoms with van der Waals surface area (Å²) in [5.41, 5.74) is 4.44. The number of carbonyl (C=O) groups excluding carboxylic acids is 1. The van der Waals surface area contributed by atoms with Crippen molar-refractivity contribution in [3.63, 3.8) is 0 Å². The highest BCUT2D eigenvalue weighted by Gasteiger charge is 2.07. The Balaban J connectivity index is 1.75. The molecule has 0 aliphatic rings. The summed E-state index contributed by atoms with van der Waals surface area (Å²) in [6, 6.07) is 7.48. The third-order valence-corrected chi connectivity index (χ3v) is 3.50. The van der Waals surface area contributed by atoms with Crippen LogP contribution in [0.3, 0.4) is 0 Å². The SMILES string of the molecule is O=C(NCc1cc[nH]c1)c1ccc2ncsc2c1. The second kappa shape index (κ2) is 4.62. The molecule has 2 aromatic heterocycles. The molecular weight excluding hydrogens is 246 g/mol. The molecule has 5 heteroatoms. The predicted molar refractivity (Wildman–Crippen MR) is 71.6 cm³/mol. The largest absolute Gasteiger partial charge is 0.367 e. The van der Waals surface area contributed by atoms with Gasteiger partial charge in [0.05, 0.1) is 15.7 Å². The van der Waals surface area contributed by atoms with Crippen LogP contribution < -0.4 is 5.32 Å². The highest BCUT2D eigenvalue weighted by molar-refractivity contribution is 7.16. The van der Waals surface area contributed by atoms with Gasteiger partial charge >= 0.3 is 0 Å². The lowest BCUT2D eigenvalue weighted by Gasteiger charge is -2.03. The van der Waals surface area contributed by atoms with Crippen molar-refractivity contribution in [1.82, 2.24) is 15.3 Å². The Hall–Kier alpha value is -2.14. The van der Waals surface area contributed by atoms with Gasteiger partial charge in [-0.3, -0.25) is 4.79 Å². The van der Waals surface area contributed by atoms with E-state index in [1.165, 1.54) is 11.3 Å². The minimum atomic E-state index is -0.0634. The average Bonchev–Trinajstić information content (AvgIpc) is 3.05. The molecule has 2 N–H and O–H groups in total. The second-order valence-electron chi connectivity index (χ2n) is 3.94. The van der Waals surface area contributed by atoms with E-state index in [-0.39, 0.29) is 5.91 Å². The van der Waals surface area contributed by atoms with Crippen LogP contribution >= 0.6 is 11.3 Å². The number of benzene rings is 1. The Labute approximate surface area is 108 Å². The first-order valence-electron chi connectivity index (χ1n) is 5.56. The Morgan fingerprint density at radius 3 is 3.17 bits per heavy atom. The highest BCUT2D eigenvalue weighted by Crippen LogP contribution is 2.19. The van der Waals surface area contributed by atoms with Gasteiger partial charge in [0.15, 0.2) is 0 Å². The van der Waals surface area contributed by atoms with Crippen molar-refractivity contribution in [2.24, 2.45) is 0 Å². The van der Waals surface area contributed by atoms with E-state index >= 15 is 0 Å². The summed E-state index contributed by atoms with van der Waals surface area (Å²) in [5.74, 6) is -0.0634. The maximum Gasteiger partial charge on any atom is 0.251 e. The van der Waals surface area contributed by atoms with Crippen LogP contribution in [0.2, 0.25) is 0 Å². The van der Waals surface area contributed by atoms with Crippen LogP contribution in [-0.2, 0) is 6.54 Å². The van der Waals surface area contributed by atoms with E-state index in [0.717, 1.165) is 15.8 Å². The molecule has 18 heavy (non-hydrogen) atoms. The van der Waals surface area contributed by atoms with Gasteiger partial charge in [0, 0.05) is 24.5 Å². The van der Waals surface area contributed by atoms with Gasteiger partial charge in [-0.2, -0.15) is 0 Å². The Bertz CT molecular complexity index is 672. The summed E-state index contributed by atoms with van der Waals surface area (Å²) in [6.07, 6.45) is 3.71. The topological polar surface area (TPSA) is 57.8 Å². The second-order valence-corrected chi connectivity index (χ2v) is 4.82. The molecule has 0 aliphatic carbocycles. The molecule has 1 aromatic carbocycles. The molecular formula is C13H11N3OS. The van der Waals surface area contributed by atoms with Crippen LogP contribution in [-0.4, -0.2) is 15.9 Å². The number of fused-ring (bicyclic) bond motifs is 1. The number of aromatic amines is 1. The van der Waals surface area contributed by atoms with Gasteiger partial charge in [-0.05, 0) is 29.8 Å². The minimum absolute atomic E-state index is 0.0634. The number of rotatable bonds is 3. The van der Waals surface area contributed by atoms with Crippen LogP contribution in [0.1, 0.15) is 15.9 Å². The third-order valence-electron chi connectivity index (χ3n) is 2.71. The number of nitrogens with zero attached hydrogens (tertiary/aromatic N) is 1. The monoisotopic (exact) mass is 257 g/mol. The smallest absolute Gasteiger partial charge is 0.251 e. The van der Waals surface area contributed by atoms with Crippen LogP contribution in [0.15, 0.2) is 42.2 Å². The molecule has 2 heterocycles. The van der Waals surface area contributed by atoms with Crippen LogP contribution in [0.4, 0.5) is 0 Å². The first kappa shape index (κ1) is 11.0. The number of hydrogen-bond acceptors (Lipinski definition) is 3. The molecule has 0 radical (unpaired) electrons. The molecule has 0 unspecified atom stereocenters. The Morgan fingerprint density at radius 2 is 2.33 bits per heavy atom. The van der Waals surface area contributed by atoms with Crippen molar-refractivity contribution >= 4 is 27.5 Å². The van der Waals surface area contributed by atoms with Crippen LogP contribution in [0, 0.1) is 0 Å². The van der Waals surface area contributed by atoms with E-state index < -0.39 is 0 Å². The van der Waals surface area contributed by atoms with Gasteiger partial charge in [-0.1, -0.05) is 0 Å². The normalized spacial score (nSPS) is 10.7. The molecule has 90 valence electrons. The van der Waals surface area contributed by atoms with E-state index in [0.29, 0.717) is 12.1 Å². The van der Waals surface area contributed by atoms with Gasteiger partial charge in [0.25, 0.3) is 5.91 Å². The lowest BCUT2D eigenvalue weighted by atomic mass is 10.2. The fourth-order valence-electron chi connectivity index (χ4n) is 1.75. The highest BCUT2D eigenvalue weighted by atomic mass is 32.1. The van der Waals surface area contributed by atoms with Crippen molar-refractivity contribution in [2.45, 2.75) is 6.54 Å². The maximum absolute atomic E-state index is 12.0. The average molecular weight is 257 g/mol. The van der Waals surface area contributed by atoms with E-state index in [1.807, 2.05) is 30.6 Å². The standard InChI is InChI=1S/C13H11N3OS/c17-13(15-7-9-3-4-14-6-9)10-1-2-11-12(5-10)18-8-16-11/h1-6,8,14H,7H2,(H,15,17). The first-order chi connectivity index (χ1) is 8.83. The summed E-state index contributed by atoms with van der Waals surface area (Å²) < 4.78 is 1.03. The maximum atomic E-state index is 12.0. The number of nitrogens with one attached hydrogen (secondary N) is 2. The molecule has 1 amide bonds. The fourth-order valence-corrected chi connectivity index (χ4v) is 2.47. The van der Waals surface area contributed by atoms with Gasteiger partial charge in [0.1, 0.15) is 0 Å². The van der Waals surface area contributed by atoms with Crippen molar-refractivity contribution in [3.05, 3.63) is 53.3 Å². The molecule has 0 saturated heterocycles. The summed E-state index contributed by atoms with van der Waals surface area (Å²) in [6.45, 7) is 0.531. The van der Waals surface area contributed by atoms with Crippen LogP contribution in [0.25, 0.3) is 10.2 Å². The number of thiazole rings is 1. The molecule has 3 rings (SSSR count). The fraction of sp³-hybridized carbons (Fsp3) is 0.0769. The molecule has 0 fully saturated rings. The van der Waals surface area contributed by atoms with Crippen molar-refractivity contribution in [3.8, 4) is 0 Å². The Morgan fingerprint density at radius 1 is 1.39 bits per heavy atom. The van der Waals surface area contributed by atoms with Crippen molar-refractivity contribution in [1.29, 1.82) is 0 Å². The molecule has 0 atom stereocenters. The summed E-state index contributed by atoms with van der Waals surface area (Å²) in [4.78, 5) is 19.1. The van der Waals surface area contributed by atoms with Crippen molar-refractivity contribution in [2.75, 3.05) is 0 Å². The molecule has 0 aliphatic heterocycles. The number of hydrogen-bond donors (Lipinski definition) is 2. The van der Waals surface area contributed by atoms with Crippen molar-refractivity contribution < 1.29 is 4.79 Å². The van der Waals surface area contributed by atoms with E-state index in [1.54, 1.807) is 11.6 Å². The third kappa shape index (κ3) is 2.12. The summed E-state index contributed by atoms with van der Waals surface area (Å²) in [7, 11) is 0. The lowest BCUT2D eigenvalue weighted by Crippen LogP contribution is -2.22. The van der Waals surface area contributed by atoms with Gasteiger partial charge in [0.2, 0.25) is 0 Å². The van der Waals surface area contributed by atoms with E-state index in [9.17, 15) is 4.79 Å². The first-order valence-corrected chi connectivity index (χ1v) is 6.44. The van der Waals surface area contributed by atoms with Crippen LogP contribution in [0.5, 0.6) is 0 Å². The minimum Gasteiger partial charge on any atom is -0.367 e. The predicted octanol–water partition coefficient (Wildman–Crippen LogP) is 2.55. The van der Waals surface area contributed by atoms with Gasteiger partial charge in [-0.25, -0.2) is 4.98 Å². The lowest BCUT2D eigenvalue weighted by molar-refractivity contribution is 0.0951. The molecule has 3 aromatic rings. The molecule has 0 bridgehead atoms. The van der Waals surface area contributed by atoms with Gasteiger partial charge in [-0.15, -0.1) is 11.3 Å². The molecule has 0 saturated carbocycles. The zero-order chi connectivity index (χ0) is 12.4. The zero-order valence-electron chi connectivity index (χ0n) is 9.51. The molecule has 4 nitrogen and oxygen atoms in total. The Kier molecular flexibility index (Phi) is 2.82. The summed E-state index contributed by atoms with van der Waals surface area (Å²) >= 11 is 1.54. The summed E-state index contributed by atoms with van der Waals surface area (Å²) in [5, 5.41) is 2.88. The van der Waals surface area contributed by atoms with E-state index in [4.69, 9.17) is 0 Å². The number of aromatic nitrogens is 2. The number of H-pyrrole nitrogens is 1. The number of amides is 1. The molecule has 0 spiro atoms. The quantitative estimate of drug-likeness (QED) is 0.757. The van der Waals surface area contributed by atoms with Gasteiger partial charge < -0.3 is 10.3 Å². The zero-order valence-corrected chi connectivity index (χ0v) is 10.3.